The molecule has 2 radical (unpaired) electrons. The van der Waals surface area contributed by atoms with Crippen LogP contribution in [0.25, 0.3) is 10.8 Å². The third-order valence-corrected chi connectivity index (χ3v) is 4.23. The van der Waals surface area contributed by atoms with Crippen molar-refractivity contribution in [2.45, 2.75) is 0 Å². The lowest BCUT2D eigenvalue weighted by Gasteiger charge is -2.26. The van der Waals surface area contributed by atoms with E-state index in [1.54, 1.807) is 12.1 Å². The lowest BCUT2D eigenvalue weighted by Crippen LogP contribution is -2.11. The van der Waals surface area contributed by atoms with Crippen molar-refractivity contribution in [1.82, 2.24) is 0 Å². The Morgan fingerprint density at radius 1 is 0.600 bits per heavy atom. The quantitative estimate of drug-likeness (QED) is 0.466. The number of benzene rings is 4. The molecule has 0 atom stereocenters. The Morgan fingerprint density at radius 2 is 1.16 bits per heavy atom. The smallest absolute Gasteiger partial charge is 0.123 e. The van der Waals surface area contributed by atoms with Gasteiger partial charge in [0.1, 0.15) is 13.7 Å². The Labute approximate surface area is 147 Å². The van der Waals surface area contributed by atoms with Crippen LogP contribution < -0.4 is 10.4 Å². The van der Waals surface area contributed by atoms with E-state index in [0.29, 0.717) is 5.46 Å². The average Bonchev–Trinajstić information content (AvgIpc) is 2.65. The fourth-order valence-corrected chi connectivity index (χ4v) is 2.98. The number of anilines is 3. The maximum absolute atomic E-state index is 13.4. The summed E-state index contributed by atoms with van der Waals surface area (Å²) in [6, 6.07) is 28.7. The van der Waals surface area contributed by atoms with E-state index in [9.17, 15) is 4.39 Å². The second kappa shape index (κ2) is 6.44. The number of hydrogen-bond donors (Lipinski definition) is 0. The molecule has 0 unspecified atom stereocenters. The summed E-state index contributed by atoms with van der Waals surface area (Å²) in [5.41, 5.74) is 3.58. The summed E-state index contributed by atoms with van der Waals surface area (Å²) < 4.78 is 13.4. The summed E-state index contributed by atoms with van der Waals surface area (Å²) in [7, 11) is 5.83. The SMILES string of the molecule is [B]c1ccc(N(c2ccc(F)cc2)c2ccc3ccccc3c2)cc1. The van der Waals surface area contributed by atoms with Crippen molar-refractivity contribution in [2.24, 2.45) is 0 Å². The van der Waals surface area contributed by atoms with Crippen LogP contribution in [0.4, 0.5) is 21.5 Å². The second-order valence-corrected chi connectivity index (χ2v) is 5.93. The van der Waals surface area contributed by atoms with Crippen molar-refractivity contribution >= 4 is 41.1 Å². The predicted octanol–water partition coefficient (Wildman–Crippen LogP) is 5.24. The molecule has 0 aliphatic rings. The van der Waals surface area contributed by atoms with Gasteiger partial charge in [0.15, 0.2) is 0 Å². The number of halogens is 1. The zero-order valence-corrected chi connectivity index (χ0v) is 13.6. The normalized spacial score (nSPS) is 10.8. The van der Waals surface area contributed by atoms with Gasteiger partial charge >= 0.3 is 0 Å². The van der Waals surface area contributed by atoms with Crippen molar-refractivity contribution in [1.29, 1.82) is 0 Å². The molecule has 0 spiro atoms. The molecule has 0 saturated heterocycles. The number of rotatable bonds is 3. The molecule has 4 aromatic carbocycles. The van der Waals surface area contributed by atoms with Gasteiger partial charge in [-0.05, 0) is 59.3 Å². The van der Waals surface area contributed by atoms with E-state index in [4.69, 9.17) is 7.85 Å². The average molecular weight is 323 g/mol. The first kappa shape index (κ1) is 15.5. The molecule has 4 aromatic rings. The van der Waals surface area contributed by atoms with Crippen LogP contribution in [0.2, 0.25) is 0 Å². The summed E-state index contributed by atoms with van der Waals surface area (Å²) in [5, 5.41) is 2.34. The van der Waals surface area contributed by atoms with E-state index in [-0.39, 0.29) is 5.82 Å². The van der Waals surface area contributed by atoms with Crippen LogP contribution in [0.5, 0.6) is 0 Å². The zero-order chi connectivity index (χ0) is 17.2. The van der Waals surface area contributed by atoms with E-state index in [2.05, 4.69) is 35.2 Å². The molecular formula is C22H15BFN. The lowest BCUT2D eigenvalue weighted by molar-refractivity contribution is 0.628. The molecule has 118 valence electrons. The van der Waals surface area contributed by atoms with Crippen LogP contribution >= 0.6 is 0 Å². The Hall–Kier alpha value is -3.07. The number of fused-ring (bicyclic) bond motifs is 1. The molecule has 4 rings (SSSR count). The molecular weight excluding hydrogens is 308 g/mol. The first-order chi connectivity index (χ1) is 12.2. The van der Waals surface area contributed by atoms with E-state index >= 15 is 0 Å². The van der Waals surface area contributed by atoms with Crippen molar-refractivity contribution in [3.8, 4) is 0 Å². The van der Waals surface area contributed by atoms with Crippen LogP contribution in [0.3, 0.4) is 0 Å². The maximum atomic E-state index is 13.4. The highest BCUT2D eigenvalue weighted by molar-refractivity contribution is 6.32. The molecule has 0 amide bonds. The summed E-state index contributed by atoms with van der Waals surface area (Å²) in [5.74, 6) is -0.250. The summed E-state index contributed by atoms with van der Waals surface area (Å²) >= 11 is 0. The highest BCUT2D eigenvalue weighted by Crippen LogP contribution is 2.35. The minimum absolute atomic E-state index is 0.250. The van der Waals surface area contributed by atoms with Crippen LogP contribution in [0.1, 0.15) is 0 Å². The van der Waals surface area contributed by atoms with E-state index in [1.807, 2.05) is 36.4 Å². The summed E-state index contributed by atoms with van der Waals surface area (Å²) in [6.07, 6.45) is 0. The fourth-order valence-electron chi connectivity index (χ4n) is 2.98. The molecule has 1 nitrogen and oxygen atoms in total. The van der Waals surface area contributed by atoms with Gasteiger partial charge in [-0.15, -0.1) is 0 Å². The van der Waals surface area contributed by atoms with Gasteiger partial charge in [-0.25, -0.2) is 4.39 Å². The molecule has 3 heteroatoms. The van der Waals surface area contributed by atoms with Gasteiger partial charge in [-0.3, -0.25) is 0 Å². The van der Waals surface area contributed by atoms with E-state index < -0.39 is 0 Å². The minimum Gasteiger partial charge on any atom is -0.310 e. The van der Waals surface area contributed by atoms with E-state index in [1.165, 1.54) is 17.5 Å². The van der Waals surface area contributed by atoms with Crippen LogP contribution in [-0.4, -0.2) is 7.85 Å². The molecule has 0 N–H and O–H groups in total. The largest absolute Gasteiger partial charge is 0.310 e. The monoisotopic (exact) mass is 323 g/mol. The van der Waals surface area contributed by atoms with Gasteiger partial charge in [0.05, 0.1) is 0 Å². The maximum Gasteiger partial charge on any atom is 0.123 e. The van der Waals surface area contributed by atoms with Gasteiger partial charge in [0.2, 0.25) is 0 Å². The highest BCUT2D eigenvalue weighted by atomic mass is 19.1. The molecule has 0 aromatic heterocycles. The van der Waals surface area contributed by atoms with Crippen LogP contribution in [0.15, 0.2) is 91.0 Å². The Balaban J connectivity index is 1.88. The molecule has 25 heavy (non-hydrogen) atoms. The van der Waals surface area contributed by atoms with Crippen molar-refractivity contribution in [3.63, 3.8) is 0 Å². The van der Waals surface area contributed by atoms with Gasteiger partial charge in [-0.2, -0.15) is 0 Å². The van der Waals surface area contributed by atoms with Crippen molar-refractivity contribution in [3.05, 3.63) is 96.8 Å². The Morgan fingerprint density at radius 3 is 1.84 bits per heavy atom. The highest BCUT2D eigenvalue weighted by Gasteiger charge is 2.12. The predicted molar refractivity (Wildman–Crippen MR) is 104 cm³/mol. The van der Waals surface area contributed by atoms with Gasteiger partial charge in [-0.1, -0.05) is 47.9 Å². The van der Waals surface area contributed by atoms with Gasteiger partial charge in [0, 0.05) is 17.1 Å². The van der Waals surface area contributed by atoms with Crippen molar-refractivity contribution in [2.75, 3.05) is 4.90 Å². The molecule has 0 saturated carbocycles. The lowest BCUT2D eigenvalue weighted by atomic mass is 9.96. The van der Waals surface area contributed by atoms with Crippen molar-refractivity contribution < 1.29 is 4.39 Å². The molecule has 0 heterocycles. The van der Waals surface area contributed by atoms with Crippen LogP contribution in [-0.2, 0) is 0 Å². The number of hydrogen-bond acceptors (Lipinski definition) is 1. The topological polar surface area (TPSA) is 3.24 Å². The molecule has 0 aliphatic carbocycles. The first-order valence-electron chi connectivity index (χ1n) is 8.11. The minimum atomic E-state index is -0.250. The third kappa shape index (κ3) is 3.13. The summed E-state index contributed by atoms with van der Waals surface area (Å²) in [6.45, 7) is 0. The standard InChI is InChI=1S/C22H15BFN/c23-18-6-11-20(12-7-18)25(21-13-8-19(24)9-14-21)22-10-5-16-3-1-2-4-17(16)15-22/h1-15H. The molecule has 0 bridgehead atoms. The van der Waals surface area contributed by atoms with E-state index in [0.717, 1.165) is 22.4 Å². The zero-order valence-electron chi connectivity index (χ0n) is 13.6. The fraction of sp³-hybridized carbons (Fsp3) is 0. The molecule has 0 fully saturated rings. The summed E-state index contributed by atoms with van der Waals surface area (Å²) in [4.78, 5) is 2.09. The van der Waals surface area contributed by atoms with Gasteiger partial charge in [0.25, 0.3) is 0 Å². The number of nitrogens with zero attached hydrogens (tertiary/aromatic N) is 1. The molecule has 0 aliphatic heterocycles. The second-order valence-electron chi connectivity index (χ2n) is 5.93. The Kier molecular flexibility index (Phi) is 3.98. The third-order valence-electron chi connectivity index (χ3n) is 4.23. The Bertz CT molecular complexity index is 965. The van der Waals surface area contributed by atoms with Crippen LogP contribution in [0, 0.1) is 5.82 Å². The first-order valence-corrected chi connectivity index (χ1v) is 8.11. The van der Waals surface area contributed by atoms with Gasteiger partial charge < -0.3 is 4.90 Å².